The molecule has 0 N–H and O–H groups in total. The normalized spacial score (nSPS) is 14.2. The van der Waals surface area contributed by atoms with Gasteiger partial charge in [-0.1, -0.05) is 22.9 Å². The molecule has 10 heteroatoms. The lowest BCUT2D eigenvalue weighted by molar-refractivity contribution is -0.118. The number of aromatic nitrogens is 1. The van der Waals surface area contributed by atoms with Crippen LogP contribution in [0.1, 0.15) is 19.3 Å². The number of ether oxygens (including phenoxy) is 3. The van der Waals surface area contributed by atoms with E-state index >= 15 is 0 Å². The van der Waals surface area contributed by atoms with Crippen LogP contribution >= 0.6 is 34.7 Å². The van der Waals surface area contributed by atoms with E-state index in [-0.39, 0.29) is 5.91 Å². The van der Waals surface area contributed by atoms with Crippen LogP contribution in [0.5, 0.6) is 11.5 Å². The van der Waals surface area contributed by atoms with E-state index in [1.165, 1.54) is 11.3 Å². The minimum atomic E-state index is 0.0886. The van der Waals surface area contributed by atoms with E-state index in [2.05, 4.69) is 4.90 Å². The first-order valence-electron chi connectivity index (χ1n) is 12.1. The largest absolute Gasteiger partial charge is 0.495 e. The Morgan fingerprint density at radius 3 is 2.56 bits per heavy atom. The number of amides is 1. The molecule has 194 valence electrons. The molecule has 1 aliphatic rings. The van der Waals surface area contributed by atoms with Crippen LogP contribution in [-0.2, 0) is 9.53 Å². The van der Waals surface area contributed by atoms with E-state index in [4.69, 9.17) is 30.8 Å². The van der Waals surface area contributed by atoms with Crippen molar-refractivity contribution in [3.63, 3.8) is 0 Å². The molecule has 3 aromatic rings. The summed E-state index contributed by atoms with van der Waals surface area (Å²) < 4.78 is 17.4. The van der Waals surface area contributed by atoms with Crippen LogP contribution in [0, 0.1) is 0 Å². The van der Waals surface area contributed by atoms with Gasteiger partial charge in [0.05, 0.1) is 27.4 Å². The van der Waals surface area contributed by atoms with Gasteiger partial charge in [0.1, 0.15) is 21.7 Å². The molecular weight excluding hydrogens is 518 g/mol. The number of nitrogens with zero attached hydrogens (tertiary/aromatic N) is 3. The lowest BCUT2D eigenvalue weighted by Gasteiger charge is -2.27. The Kier molecular flexibility index (Phi) is 10.1. The van der Waals surface area contributed by atoms with Crippen molar-refractivity contribution in [1.82, 2.24) is 9.88 Å². The summed E-state index contributed by atoms with van der Waals surface area (Å²) in [6.45, 7) is 4.95. The predicted octanol–water partition coefficient (Wildman–Crippen LogP) is 5.59. The summed E-state index contributed by atoms with van der Waals surface area (Å²) >= 11 is 9.19. The van der Waals surface area contributed by atoms with Crippen molar-refractivity contribution in [3.8, 4) is 11.5 Å². The molecule has 4 rings (SSSR count). The van der Waals surface area contributed by atoms with Crippen molar-refractivity contribution >= 4 is 56.0 Å². The van der Waals surface area contributed by atoms with Crippen molar-refractivity contribution in [1.29, 1.82) is 0 Å². The number of halogens is 1. The highest BCUT2D eigenvalue weighted by atomic mass is 35.5. The van der Waals surface area contributed by atoms with Crippen molar-refractivity contribution in [2.75, 3.05) is 64.3 Å². The zero-order valence-electron chi connectivity index (χ0n) is 20.7. The molecule has 36 heavy (non-hydrogen) atoms. The number of benzene rings is 2. The second kappa shape index (κ2) is 13.5. The molecule has 1 amide bonds. The van der Waals surface area contributed by atoms with Gasteiger partial charge in [-0.15, -0.1) is 11.8 Å². The Bertz CT molecular complexity index is 1100. The molecule has 0 bridgehead atoms. The minimum absolute atomic E-state index is 0.0886. The molecule has 1 saturated heterocycles. The van der Waals surface area contributed by atoms with Crippen molar-refractivity contribution in [3.05, 3.63) is 41.4 Å². The van der Waals surface area contributed by atoms with Gasteiger partial charge >= 0.3 is 0 Å². The van der Waals surface area contributed by atoms with Crippen LogP contribution in [-0.4, -0.2) is 75.2 Å². The second-order valence-electron chi connectivity index (χ2n) is 8.40. The summed E-state index contributed by atoms with van der Waals surface area (Å²) in [5, 5.41) is 1.41. The number of anilines is 1. The molecule has 0 spiro atoms. The van der Waals surface area contributed by atoms with Crippen LogP contribution in [0.15, 0.2) is 41.3 Å². The highest BCUT2D eigenvalue weighted by molar-refractivity contribution is 7.99. The van der Waals surface area contributed by atoms with Gasteiger partial charge in [0, 0.05) is 42.5 Å². The van der Waals surface area contributed by atoms with Gasteiger partial charge in [0.15, 0.2) is 5.13 Å². The molecule has 0 unspecified atom stereocenters. The highest BCUT2D eigenvalue weighted by Gasteiger charge is 2.23. The Morgan fingerprint density at radius 1 is 1.11 bits per heavy atom. The van der Waals surface area contributed by atoms with E-state index in [0.717, 1.165) is 77.3 Å². The maximum absolute atomic E-state index is 13.4. The van der Waals surface area contributed by atoms with Gasteiger partial charge in [-0.05, 0) is 55.0 Å². The SMILES string of the molecule is COc1ccc(OC)c2sc(N(CCCN3CCOCC3)C(=O)CCCSc3ccc(Cl)cc3)nc12. The monoisotopic (exact) mass is 549 g/mol. The molecule has 1 aliphatic heterocycles. The number of thioether (sulfide) groups is 1. The van der Waals surface area contributed by atoms with Gasteiger partial charge < -0.3 is 14.2 Å². The third-order valence-corrected chi connectivity index (χ3v) is 8.45. The van der Waals surface area contributed by atoms with Gasteiger partial charge in [-0.25, -0.2) is 4.98 Å². The van der Waals surface area contributed by atoms with E-state index in [1.807, 2.05) is 41.3 Å². The fourth-order valence-corrected chi connectivity index (χ4v) is 6.17. The fourth-order valence-electron chi connectivity index (χ4n) is 4.07. The molecule has 7 nitrogen and oxygen atoms in total. The maximum atomic E-state index is 13.4. The third-order valence-electron chi connectivity index (χ3n) is 6.01. The van der Waals surface area contributed by atoms with Crippen LogP contribution < -0.4 is 14.4 Å². The Hall–Kier alpha value is -2.04. The van der Waals surface area contributed by atoms with Crippen molar-refractivity contribution < 1.29 is 19.0 Å². The van der Waals surface area contributed by atoms with Crippen LogP contribution in [0.3, 0.4) is 0 Å². The zero-order valence-corrected chi connectivity index (χ0v) is 23.1. The molecule has 0 saturated carbocycles. The van der Waals surface area contributed by atoms with Crippen molar-refractivity contribution in [2.45, 2.75) is 24.2 Å². The maximum Gasteiger partial charge on any atom is 0.228 e. The smallest absolute Gasteiger partial charge is 0.228 e. The number of rotatable bonds is 12. The number of carbonyl (C=O) groups is 1. The number of carbonyl (C=O) groups excluding carboxylic acids is 1. The Morgan fingerprint density at radius 2 is 1.83 bits per heavy atom. The fraction of sp³-hybridized carbons (Fsp3) is 0.462. The molecule has 1 fully saturated rings. The number of hydrogen-bond donors (Lipinski definition) is 0. The Balaban J connectivity index is 1.45. The summed E-state index contributed by atoms with van der Waals surface area (Å²) in [5.41, 5.74) is 0.723. The van der Waals surface area contributed by atoms with E-state index in [0.29, 0.717) is 23.8 Å². The molecule has 0 radical (unpaired) electrons. The van der Waals surface area contributed by atoms with Crippen LogP contribution in [0.4, 0.5) is 5.13 Å². The molecular formula is C26H32ClN3O4S2. The first-order chi connectivity index (χ1) is 17.6. The van der Waals surface area contributed by atoms with Gasteiger partial charge in [-0.3, -0.25) is 14.6 Å². The number of morpholine rings is 1. The number of fused-ring (bicyclic) bond motifs is 1. The van der Waals surface area contributed by atoms with Gasteiger partial charge in [-0.2, -0.15) is 0 Å². The predicted molar refractivity (Wildman–Crippen MR) is 148 cm³/mol. The molecule has 2 heterocycles. The Labute approximate surface area is 225 Å². The highest BCUT2D eigenvalue weighted by Crippen LogP contribution is 2.40. The number of hydrogen-bond acceptors (Lipinski definition) is 8. The first kappa shape index (κ1) is 27.0. The molecule has 2 aromatic carbocycles. The summed E-state index contributed by atoms with van der Waals surface area (Å²) in [6, 6.07) is 11.5. The quantitative estimate of drug-likeness (QED) is 0.215. The summed E-state index contributed by atoms with van der Waals surface area (Å²) in [6.07, 6.45) is 2.11. The van der Waals surface area contributed by atoms with E-state index < -0.39 is 0 Å². The zero-order chi connectivity index (χ0) is 25.3. The summed E-state index contributed by atoms with van der Waals surface area (Å²) in [7, 11) is 3.27. The summed E-state index contributed by atoms with van der Waals surface area (Å²) in [5.74, 6) is 2.35. The molecule has 0 aliphatic carbocycles. The topological polar surface area (TPSA) is 64.1 Å². The van der Waals surface area contributed by atoms with Crippen LogP contribution in [0.2, 0.25) is 5.02 Å². The first-order valence-corrected chi connectivity index (χ1v) is 14.3. The van der Waals surface area contributed by atoms with E-state index in [9.17, 15) is 4.79 Å². The molecule has 0 atom stereocenters. The van der Waals surface area contributed by atoms with Crippen molar-refractivity contribution in [2.24, 2.45) is 0 Å². The van der Waals surface area contributed by atoms with Gasteiger partial charge in [0.25, 0.3) is 0 Å². The molecule has 1 aromatic heterocycles. The standard InChI is InChI=1S/C26H32ClN3O4S2/c1-32-21-10-11-22(33-2)25-24(21)28-26(36-25)30(13-4-12-29-14-16-34-17-15-29)23(31)5-3-18-35-20-8-6-19(27)7-9-20/h6-11H,3-5,12-18H2,1-2H3. The third kappa shape index (κ3) is 7.04. The number of methoxy groups -OCH3 is 2. The minimum Gasteiger partial charge on any atom is -0.495 e. The lowest BCUT2D eigenvalue weighted by Crippen LogP contribution is -2.39. The second-order valence-corrected chi connectivity index (χ2v) is 11.0. The summed E-state index contributed by atoms with van der Waals surface area (Å²) in [4.78, 5) is 23.7. The van der Waals surface area contributed by atoms with Gasteiger partial charge in [0.2, 0.25) is 5.91 Å². The van der Waals surface area contributed by atoms with Crippen LogP contribution in [0.25, 0.3) is 10.2 Å². The van der Waals surface area contributed by atoms with E-state index in [1.54, 1.807) is 26.0 Å². The number of thiazole rings is 1. The lowest BCUT2D eigenvalue weighted by atomic mass is 10.2. The average Bonchev–Trinajstić information content (AvgIpc) is 3.35. The average molecular weight is 550 g/mol.